The van der Waals surface area contributed by atoms with Crippen LogP contribution in [0.25, 0.3) is 6.08 Å². The molecule has 0 bridgehead atoms. The third-order valence-electron chi connectivity index (χ3n) is 5.03. The van der Waals surface area contributed by atoms with Crippen LogP contribution in [-0.2, 0) is 4.79 Å². The summed E-state index contributed by atoms with van der Waals surface area (Å²) in [6.45, 7) is 6.67. The van der Waals surface area contributed by atoms with Gasteiger partial charge in [-0.15, -0.1) is 0 Å². The van der Waals surface area contributed by atoms with Gasteiger partial charge in [0.2, 0.25) is 0 Å². The van der Waals surface area contributed by atoms with Crippen molar-refractivity contribution in [3.05, 3.63) is 33.2 Å². The van der Waals surface area contributed by atoms with Crippen LogP contribution in [-0.4, -0.2) is 35.7 Å². The zero-order valence-electron chi connectivity index (χ0n) is 14.5. The second-order valence-electron chi connectivity index (χ2n) is 7.15. The first-order valence-corrected chi connectivity index (χ1v) is 9.10. The summed E-state index contributed by atoms with van der Waals surface area (Å²) in [5, 5.41) is 0.337. The molecule has 1 atom stereocenters. The summed E-state index contributed by atoms with van der Waals surface area (Å²) >= 11 is 7.43. The Labute approximate surface area is 151 Å². The molecule has 0 N–H and O–H groups in total. The number of carbonyl (C=O) groups is 2. The lowest BCUT2D eigenvalue weighted by molar-refractivity contribution is -0.121. The number of nitrogens with zero attached hydrogens (tertiary/aromatic N) is 2. The number of benzene rings is 1. The standard InChI is InChI=1S/C18H21ClN2O2S/c1-10-9-18(2,3)21(5)14-8-13(19)11(6-12(10)14)7-15-16(22)20(4)17(23)24-15/h6-8,10H,9H2,1-5H3/b15-7+/t10-/m1/s1. The van der Waals surface area contributed by atoms with Crippen LogP contribution in [0.2, 0.25) is 5.02 Å². The van der Waals surface area contributed by atoms with Gasteiger partial charge in [-0.1, -0.05) is 18.5 Å². The van der Waals surface area contributed by atoms with Crippen LogP contribution >= 0.6 is 23.4 Å². The molecule has 2 aliphatic heterocycles. The van der Waals surface area contributed by atoms with E-state index in [0.717, 1.165) is 34.3 Å². The molecule has 24 heavy (non-hydrogen) atoms. The normalized spacial score (nSPS) is 24.8. The minimum atomic E-state index is -0.273. The fourth-order valence-electron chi connectivity index (χ4n) is 3.40. The number of hydrogen-bond donors (Lipinski definition) is 0. The Hall–Kier alpha value is -1.46. The maximum atomic E-state index is 12.1. The number of hydrogen-bond acceptors (Lipinski definition) is 4. The van der Waals surface area contributed by atoms with Crippen molar-refractivity contribution < 1.29 is 9.59 Å². The third-order valence-corrected chi connectivity index (χ3v) is 6.31. The molecule has 1 fully saturated rings. The summed E-state index contributed by atoms with van der Waals surface area (Å²) in [4.78, 5) is 27.5. The molecule has 1 aromatic rings. The fraction of sp³-hybridized carbons (Fsp3) is 0.444. The van der Waals surface area contributed by atoms with Gasteiger partial charge in [0, 0.05) is 30.3 Å². The van der Waals surface area contributed by atoms with Gasteiger partial charge in [-0.2, -0.15) is 0 Å². The molecule has 0 unspecified atom stereocenters. The van der Waals surface area contributed by atoms with Gasteiger partial charge in [0.05, 0.1) is 4.91 Å². The highest BCUT2D eigenvalue weighted by molar-refractivity contribution is 8.18. The van der Waals surface area contributed by atoms with E-state index in [4.69, 9.17) is 11.6 Å². The van der Waals surface area contributed by atoms with Crippen LogP contribution in [0.4, 0.5) is 10.5 Å². The van der Waals surface area contributed by atoms with Gasteiger partial charge in [-0.05, 0) is 67.3 Å². The maximum Gasteiger partial charge on any atom is 0.293 e. The van der Waals surface area contributed by atoms with Crippen LogP contribution in [0.5, 0.6) is 0 Å². The quantitative estimate of drug-likeness (QED) is 0.675. The van der Waals surface area contributed by atoms with E-state index in [9.17, 15) is 9.59 Å². The van der Waals surface area contributed by atoms with E-state index in [1.54, 1.807) is 6.08 Å². The highest BCUT2D eigenvalue weighted by atomic mass is 35.5. The van der Waals surface area contributed by atoms with Crippen molar-refractivity contribution in [1.82, 2.24) is 4.90 Å². The lowest BCUT2D eigenvalue weighted by Gasteiger charge is -2.45. The van der Waals surface area contributed by atoms with Crippen molar-refractivity contribution in [1.29, 1.82) is 0 Å². The van der Waals surface area contributed by atoms with Crippen LogP contribution in [0.3, 0.4) is 0 Å². The smallest absolute Gasteiger partial charge is 0.293 e. The first-order chi connectivity index (χ1) is 11.1. The van der Waals surface area contributed by atoms with E-state index < -0.39 is 0 Å². The summed E-state index contributed by atoms with van der Waals surface area (Å²) < 4.78 is 0. The minimum absolute atomic E-state index is 0.0716. The fourth-order valence-corrected chi connectivity index (χ4v) is 4.43. The van der Waals surface area contributed by atoms with E-state index >= 15 is 0 Å². The van der Waals surface area contributed by atoms with Crippen molar-refractivity contribution in [3.63, 3.8) is 0 Å². The van der Waals surface area contributed by atoms with Crippen molar-refractivity contribution in [2.45, 2.75) is 38.6 Å². The largest absolute Gasteiger partial charge is 0.369 e. The Morgan fingerprint density at radius 1 is 1.29 bits per heavy atom. The molecule has 6 heteroatoms. The summed E-state index contributed by atoms with van der Waals surface area (Å²) in [5.41, 5.74) is 3.21. The lowest BCUT2D eigenvalue weighted by atomic mass is 9.80. The number of carbonyl (C=O) groups excluding carboxylic acids is 2. The number of rotatable bonds is 1. The molecule has 3 rings (SSSR count). The Balaban J connectivity index is 2.06. The van der Waals surface area contributed by atoms with Gasteiger partial charge in [0.1, 0.15) is 0 Å². The first kappa shape index (κ1) is 17.4. The summed E-state index contributed by atoms with van der Waals surface area (Å²) in [5.74, 6) is 0.127. The summed E-state index contributed by atoms with van der Waals surface area (Å²) in [6.07, 6.45) is 2.77. The van der Waals surface area contributed by atoms with Gasteiger partial charge in [0.25, 0.3) is 11.1 Å². The molecule has 2 heterocycles. The van der Waals surface area contributed by atoms with Crippen molar-refractivity contribution in [2.24, 2.45) is 0 Å². The summed E-state index contributed by atoms with van der Waals surface area (Å²) in [6, 6.07) is 4.02. The van der Waals surface area contributed by atoms with E-state index in [1.807, 2.05) is 6.07 Å². The van der Waals surface area contributed by atoms with Crippen molar-refractivity contribution >= 4 is 46.3 Å². The number of imide groups is 1. The van der Waals surface area contributed by atoms with E-state index in [1.165, 1.54) is 12.6 Å². The second-order valence-corrected chi connectivity index (χ2v) is 8.55. The zero-order valence-corrected chi connectivity index (χ0v) is 16.1. The first-order valence-electron chi connectivity index (χ1n) is 7.90. The number of thioether (sulfide) groups is 1. The van der Waals surface area contributed by atoms with Gasteiger partial charge < -0.3 is 4.90 Å². The molecule has 1 aromatic carbocycles. The molecule has 4 nitrogen and oxygen atoms in total. The predicted octanol–water partition coefficient (Wildman–Crippen LogP) is 4.73. The van der Waals surface area contributed by atoms with Gasteiger partial charge >= 0.3 is 0 Å². The van der Waals surface area contributed by atoms with E-state index in [0.29, 0.717) is 15.8 Å². The monoisotopic (exact) mass is 364 g/mol. The average Bonchev–Trinajstić information content (AvgIpc) is 2.73. The number of fused-ring (bicyclic) bond motifs is 1. The molecule has 2 aliphatic rings. The van der Waals surface area contributed by atoms with Crippen molar-refractivity contribution in [2.75, 3.05) is 19.0 Å². The molecule has 0 aromatic heterocycles. The third kappa shape index (κ3) is 2.74. The van der Waals surface area contributed by atoms with E-state index in [2.05, 4.69) is 38.8 Å². The lowest BCUT2D eigenvalue weighted by Crippen LogP contribution is -2.45. The van der Waals surface area contributed by atoms with Crippen molar-refractivity contribution in [3.8, 4) is 0 Å². The Morgan fingerprint density at radius 3 is 2.54 bits per heavy atom. The predicted molar refractivity (Wildman–Crippen MR) is 101 cm³/mol. The van der Waals surface area contributed by atoms with Gasteiger partial charge in [0.15, 0.2) is 0 Å². The number of amides is 2. The molecular weight excluding hydrogens is 344 g/mol. The topological polar surface area (TPSA) is 40.6 Å². The molecular formula is C18H21ClN2O2S. The molecule has 0 saturated carbocycles. The highest BCUT2D eigenvalue weighted by Gasteiger charge is 2.35. The maximum absolute atomic E-state index is 12.1. The molecule has 1 saturated heterocycles. The van der Waals surface area contributed by atoms with Crippen LogP contribution in [0.1, 0.15) is 44.2 Å². The van der Waals surface area contributed by atoms with Crippen LogP contribution < -0.4 is 4.90 Å². The van der Waals surface area contributed by atoms with Gasteiger partial charge in [-0.3, -0.25) is 14.5 Å². The SMILES string of the molecule is C[C@@H]1CC(C)(C)N(C)c2cc(Cl)c(/C=C3/SC(=O)N(C)C3=O)cc21. The number of halogens is 1. The number of likely N-dealkylation sites (N-methyl/N-ethyl adjacent to an activating group) is 1. The average molecular weight is 365 g/mol. The molecule has 0 aliphatic carbocycles. The molecule has 0 radical (unpaired) electrons. The summed E-state index contributed by atoms with van der Waals surface area (Å²) in [7, 11) is 3.58. The van der Waals surface area contributed by atoms with Crippen LogP contribution in [0.15, 0.2) is 17.0 Å². The molecule has 128 valence electrons. The number of anilines is 1. The van der Waals surface area contributed by atoms with Gasteiger partial charge in [-0.25, -0.2) is 0 Å². The van der Waals surface area contributed by atoms with Crippen LogP contribution in [0, 0.1) is 0 Å². The zero-order chi connectivity index (χ0) is 17.8. The minimum Gasteiger partial charge on any atom is -0.369 e. The van der Waals surface area contributed by atoms with E-state index in [-0.39, 0.29) is 16.7 Å². The Kier molecular flexibility index (Phi) is 4.21. The second kappa shape index (κ2) is 5.81. The Bertz CT molecular complexity index is 773. The Morgan fingerprint density at radius 2 is 1.96 bits per heavy atom. The molecule has 2 amide bonds. The molecule has 0 spiro atoms. The highest BCUT2D eigenvalue weighted by Crippen LogP contribution is 2.45.